The maximum atomic E-state index is 5.35. The highest BCUT2D eigenvalue weighted by Crippen LogP contribution is 2.40. The van der Waals surface area contributed by atoms with Gasteiger partial charge in [0.2, 0.25) is 5.75 Å². The predicted octanol–water partition coefficient (Wildman–Crippen LogP) is 2.14. The third kappa shape index (κ3) is 2.31. The van der Waals surface area contributed by atoms with Crippen molar-refractivity contribution >= 4 is 0 Å². The van der Waals surface area contributed by atoms with E-state index >= 15 is 0 Å². The molecular weight excluding hydrogens is 218 g/mol. The van der Waals surface area contributed by atoms with Gasteiger partial charge in [0.15, 0.2) is 11.5 Å². The Kier molecular flexibility index (Phi) is 3.74. The fourth-order valence-corrected chi connectivity index (χ4v) is 2.27. The summed E-state index contributed by atoms with van der Waals surface area (Å²) >= 11 is 0. The third-order valence-corrected chi connectivity index (χ3v) is 3.15. The van der Waals surface area contributed by atoms with Crippen LogP contribution in [0.25, 0.3) is 0 Å². The first kappa shape index (κ1) is 12.0. The predicted molar refractivity (Wildman–Crippen MR) is 66.1 cm³/mol. The molecule has 1 aromatic rings. The Morgan fingerprint density at radius 1 is 1.06 bits per heavy atom. The summed E-state index contributed by atoms with van der Waals surface area (Å²) in [6.07, 6.45) is 2.36. The van der Waals surface area contributed by atoms with Crippen LogP contribution in [-0.2, 0) is 0 Å². The quantitative estimate of drug-likeness (QED) is 0.871. The number of hydrogen-bond donors (Lipinski definition) is 1. The summed E-state index contributed by atoms with van der Waals surface area (Å²) in [6.45, 7) is 1.07. The lowest BCUT2D eigenvalue weighted by Gasteiger charge is -2.17. The van der Waals surface area contributed by atoms with Gasteiger partial charge in [0.1, 0.15) is 0 Å². The van der Waals surface area contributed by atoms with Gasteiger partial charge in [-0.1, -0.05) is 0 Å². The minimum Gasteiger partial charge on any atom is -0.493 e. The Balaban J connectivity index is 2.40. The highest BCUT2D eigenvalue weighted by Gasteiger charge is 2.20. The van der Waals surface area contributed by atoms with Crippen LogP contribution < -0.4 is 19.5 Å². The van der Waals surface area contributed by atoms with E-state index < -0.39 is 0 Å². The van der Waals surface area contributed by atoms with Crippen molar-refractivity contribution in [3.63, 3.8) is 0 Å². The summed E-state index contributed by atoms with van der Waals surface area (Å²) < 4.78 is 16.0. The molecule has 1 saturated heterocycles. The van der Waals surface area contributed by atoms with Crippen molar-refractivity contribution in [3.05, 3.63) is 17.7 Å². The molecule has 1 atom stereocenters. The van der Waals surface area contributed by atoms with E-state index in [0.717, 1.165) is 24.5 Å². The van der Waals surface area contributed by atoms with Gasteiger partial charge >= 0.3 is 0 Å². The molecule has 0 aromatic heterocycles. The van der Waals surface area contributed by atoms with Gasteiger partial charge in [0.05, 0.1) is 21.3 Å². The molecule has 1 N–H and O–H groups in total. The molecule has 0 amide bonds. The number of benzene rings is 1. The molecule has 2 rings (SSSR count). The second-order valence-electron chi connectivity index (χ2n) is 4.11. The molecule has 1 aliphatic rings. The van der Waals surface area contributed by atoms with Crippen molar-refractivity contribution in [3.8, 4) is 17.2 Å². The van der Waals surface area contributed by atoms with E-state index in [2.05, 4.69) is 5.32 Å². The number of rotatable bonds is 4. The zero-order chi connectivity index (χ0) is 12.3. The monoisotopic (exact) mass is 237 g/mol. The van der Waals surface area contributed by atoms with Gasteiger partial charge < -0.3 is 19.5 Å². The molecule has 4 nitrogen and oxygen atoms in total. The summed E-state index contributed by atoms with van der Waals surface area (Å²) in [6, 6.07) is 4.43. The first-order valence-corrected chi connectivity index (χ1v) is 5.83. The van der Waals surface area contributed by atoms with Crippen LogP contribution in [0.4, 0.5) is 0 Å². The summed E-state index contributed by atoms with van der Waals surface area (Å²) in [5.41, 5.74) is 1.19. The molecule has 0 saturated carbocycles. The molecule has 0 unspecified atom stereocenters. The number of ether oxygens (including phenoxy) is 3. The normalized spacial score (nSPS) is 19.1. The second-order valence-corrected chi connectivity index (χ2v) is 4.11. The average Bonchev–Trinajstić information content (AvgIpc) is 2.90. The van der Waals surface area contributed by atoms with Crippen molar-refractivity contribution < 1.29 is 14.2 Å². The van der Waals surface area contributed by atoms with Gasteiger partial charge in [0, 0.05) is 6.04 Å². The zero-order valence-corrected chi connectivity index (χ0v) is 10.6. The highest BCUT2D eigenvalue weighted by atomic mass is 16.5. The lowest BCUT2D eigenvalue weighted by atomic mass is 10.0. The molecule has 0 radical (unpaired) electrons. The first-order valence-electron chi connectivity index (χ1n) is 5.83. The maximum absolute atomic E-state index is 5.35. The fourth-order valence-electron chi connectivity index (χ4n) is 2.27. The minimum absolute atomic E-state index is 0.392. The van der Waals surface area contributed by atoms with Crippen LogP contribution in [0.15, 0.2) is 12.1 Å². The smallest absolute Gasteiger partial charge is 0.203 e. The molecule has 4 heteroatoms. The Morgan fingerprint density at radius 3 is 2.12 bits per heavy atom. The summed E-state index contributed by atoms with van der Waals surface area (Å²) in [4.78, 5) is 0. The SMILES string of the molecule is COc1cc([C@H]2CCCN2)cc(OC)c1OC. The molecule has 1 aliphatic heterocycles. The molecular formula is C13H19NO3. The Hall–Kier alpha value is -1.42. The second kappa shape index (κ2) is 5.27. The molecule has 17 heavy (non-hydrogen) atoms. The number of nitrogens with one attached hydrogen (secondary N) is 1. The van der Waals surface area contributed by atoms with Crippen molar-refractivity contribution in [1.29, 1.82) is 0 Å². The van der Waals surface area contributed by atoms with E-state index in [1.807, 2.05) is 12.1 Å². The minimum atomic E-state index is 0.392. The zero-order valence-electron chi connectivity index (χ0n) is 10.6. The lowest BCUT2D eigenvalue weighted by molar-refractivity contribution is 0.323. The van der Waals surface area contributed by atoms with Crippen molar-refractivity contribution in [1.82, 2.24) is 5.32 Å². The van der Waals surface area contributed by atoms with Gasteiger partial charge in [-0.15, -0.1) is 0 Å². The van der Waals surface area contributed by atoms with Crippen LogP contribution in [0.2, 0.25) is 0 Å². The van der Waals surface area contributed by atoms with Crippen molar-refractivity contribution in [2.24, 2.45) is 0 Å². The standard InChI is InChI=1S/C13H19NO3/c1-15-11-7-9(10-5-4-6-14-10)8-12(16-2)13(11)17-3/h7-8,10,14H,4-6H2,1-3H3/t10-/m1/s1. The topological polar surface area (TPSA) is 39.7 Å². The van der Waals surface area contributed by atoms with Crippen LogP contribution in [-0.4, -0.2) is 27.9 Å². The van der Waals surface area contributed by atoms with Crippen LogP contribution >= 0.6 is 0 Å². The number of hydrogen-bond acceptors (Lipinski definition) is 4. The molecule has 0 bridgehead atoms. The van der Waals surface area contributed by atoms with Gasteiger partial charge in [-0.05, 0) is 37.1 Å². The third-order valence-electron chi connectivity index (χ3n) is 3.15. The van der Waals surface area contributed by atoms with E-state index in [-0.39, 0.29) is 0 Å². The lowest BCUT2D eigenvalue weighted by Crippen LogP contribution is -2.13. The van der Waals surface area contributed by atoms with Crippen molar-refractivity contribution in [2.75, 3.05) is 27.9 Å². The van der Waals surface area contributed by atoms with Gasteiger partial charge in [0.25, 0.3) is 0 Å². The van der Waals surface area contributed by atoms with Crippen LogP contribution in [0.5, 0.6) is 17.2 Å². The average molecular weight is 237 g/mol. The molecule has 1 fully saturated rings. The molecule has 0 spiro atoms. The highest BCUT2D eigenvalue weighted by molar-refractivity contribution is 5.54. The van der Waals surface area contributed by atoms with Crippen LogP contribution in [0, 0.1) is 0 Å². The largest absolute Gasteiger partial charge is 0.493 e. The fraction of sp³-hybridized carbons (Fsp3) is 0.538. The summed E-state index contributed by atoms with van der Waals surface area (Å²) in [7, 11) is 4.90. The number of methoxy groups -OCH3 is 3. The van der Waals surface area contributed by atoms with Crippen molar-refractivity contribution in [2.45, 2.75) is 18.9 Å². The van der Waals surface area contributed by atoms with E-state index in [0.29, 0.717) is 11.8 Å². The maximum Gasteiger partial charge on any atom is 0.203 e. The van der Waals surface area contributed by atoms with Gasteiger partial charge in [-0.2, -0.15) is 0 Å². The molecule has 1 heterocycles. The van der Waals surface area contributed by atoms with Gasteiger partial charge in [-0.25, -0.2) is 0 Å². The van der Waals surface area contributed by atoms with Gasteiger partial charge in [-0.3, -0.25) is 0 Å². The van der Waals surface area contributed by atoms with E-state index in [1.54, 1.807) is 21.3 Å². The van der Waals surface area contributed by atoms with Crippen LogP contribution in [0.1, 0.15) is 24.4 Å². The Labute approximate surface area is 102 Å². The Morgan fingerprint density at radius 2 is 1.71 bits per heavy atom. The molecule has 1 aromatic carbocycles. The van der Waals surface area contributed by atoms with E-state index in [1.165, 1.54) is 12.0 Å². The first-order chi connectivity index (χ1) is 8.30. The Bertz CT molecular complexity index is 361. The van der Waals surface area contributed by atoms with E-state index in [4.69, 9.17) is 14.2 Å². The van der Waals surface area contributed by atoms with E-state index in [9.17, 15) is 0 Å². The molecule has 94 valence electrons. The summed E-state index contributed by atoms with van der Waals surface area (Å²) in [5.74, 6) is 2.09. The molecule has 0 aliphatic carbocycles. The summed E-state index contributed by atoms with van der Waals surface area (Å²) in [5, 5.41) is 3.46. The van der Waals surface area contributed by atoms with Crippen LogP contribution in [0.3, 0.4) is 0 Å².